The van der Waals surface area contributed by atoms with E-state index in [4.69, 9.17) is 0 Å². The maximum Gasteiger partial charge on any atom is 0.308 e. The summed E-state index contributed by atoms with van der Waals surface area (Å²) in [5.74, 6) is -1.72. The normalized spacial score (nSPS) is 20.3. The number of aromatic nitrogens is 3. The number of pyridine rings is 1. The van der Waals surface area contributed by atoms with E-state index < -0.39 is 11.9 Å². The maximum absolute atomic E-state index is 12.4. The number of aliphatic carboxylic acids is 1. The molecule has 1 aliphatic heterocycles. The number of likely N-dealkylation sites (tertiary alicyclic amines) is 1. The Morgan fingerprint density at radius 3 is 2.79 bits per heavy atom. The molecule has 0 saturated carbocycles. The molecule has 3 rings (SSSR count). The number of carbonyl (C=O) groups is 2. The van der Waals surface area contributed by atoms with Crippen LogP contribution in [-0.4, -0.2) is 49.7 Å². The molecule has 0 spiro atoms. The van der Waals surface area contributed by atoms with Crippen LogP contribution in [0.25, 0.3) is 0 Å². The molecule has 7 nitrogen and oxygen atoms in total. The number of carboxylic acid groups (broad SMARTS) is 1. The molecule has 0 radical (unpaired) electrons. The lowest BCUT2D eigenvalue weighted by molar-refractivity contribution is -0.141. The Morgan fingerprint density at radius 2 is 2.17 bits per heavy atom. The van der Waals surface area contributed by atoms with Crippen LogP contribution in [0, 0.1) is 12.8 Å². The van der Waals surface area contributed by atoms with Crippen LogP contribution in [-0.2, 0) is 16.1 Å². The van der Waals surface area contributed by atoms with Gasteiger partial charge in [0.15, 0.2) is 0 Å². The summed E-state index contributed by atoms with van der Waals surface area (Å²) in [6.07, 6.45) is 7.28. The van der Waals surface area contributed by atoms with Crippen LogP contribution >= 0.6 is 0 Å². The van der Waals surface area contributed by atoms with Crippen LogP contribution < -0.4 is 0 Å². The third-order valence-corrected chi connectivity index (χ3v) is 4.42. The van der Waals surface area contributed by atoms with Crippen molar-refractivity contribution in [3.63, 3.8) is 0 Å². The molecule has 2 aromatic rings. The maximum atomic E-state index is 12.4. The minimum absolute atomic E-state index is 0.0409. The van der Waals surface area contributed by atoms with Gasteiger partial charge in [0.25, 0.3) is 0 Å². The third-order valence-electron chi connectivity index (χ3n) is 4.42. The fourth-order valence-electron chi connectivity index (χ4n) is 3.15. The first kappa shape index (κ1) is 16.2. The van der Waals surface area contributed by atoms with E-state index in [9.17, 15) is 14.7 Å². The Balaban J connectivity index is 1.66. The minimum Gasteiger partial charge on any atom is -0.481 e. The second-order valence-corrected chi connectivity index (χ2v) is 6.17. The van der Waals surface area contributed by atoms with Gasteiger partial charge in [-0.05, 0) is 24.1 Å². The molecule has 24 heavy (non-hydrogen) atoms. The number of amides is 1. The average molecular weight is 328 g/mol. The standard InChI is InChI=1S/C17H20N4O3/c1-12-7-19-21(9-12)6-4-16(22)20-10-14(15(11-20)17(23)24)13-3-2-5-18-8-13/h2-3,5,7-9,14-15H,4,6,10-11H2,1H3,(H,23,24)/t14-,15+/m1/s1. The van der Waals surface area contributed by atoms with E-state index in [1.165, 1.54) is 0 Å². The zero-order valence-electron chi connectivity index (χ0n) is 13.5. The molecule has 2 aromatic heterocycles. The Hall–Kier alpha value is -2.70. The number of hydrogen-bond acceptors (Lipinski definition) is 4. The molecule has 1 saturated heterocycles. The Labute approximate surface area is 139 Å². The lowest BCUT2D eigenvalue weighted by Crippen LogP contribution is -2.30. The van der Waals surface area contributed by atoms with Crippen molar-refractivity contribution in [2.75, 3.05) is 13.1 Å². The van der Waals surface area contributed by atoms with E-state index in [0.29, 0.717) is 19.5 Å². The van der Waals surface area contributed by atoms with Crippen molar-refractivity contribution in [1.29, 1.82) is 0 Å². The van der Waals surface area contributed by atoms with Crippen molar-refractivity contribution < 1.29 is 14.7 Å². The fourth-order valence-corrected chi connectivity index (χ4v) is 3.15. The summed E-state index contributed by atoms with van der Waals surface area (Å²) in [5, 5.41) is 13.6. The molecule has 3 heterocycles. The van der Waals surface area contributed by atoms with Crippen molar-refractivity contribution >= 4 is 11.9 Å². The highest BCUT2D eigenvalue weighted by Crippen LogP contribution is 2.32. The van der Waals surface area contributed by atoms with Crippen molar-refractivity contribution in [2.24, 2.45) is 5.92 Å². The van der Waals surface area contributed by atoms with Crippen LogP contribution in [0.5, 0.6) is 0 Å². The highest BCUT2D eigenvalue weighted by atomic mass is 16.4. The Morgan fingerprint density at radius 1 is 1.33 bits per heavy atom. The van der Waals surface area contributed by atoms with Crippen LogP contribution in [0.2, 0.25) is 0 Å². The van der Waals surface area contributed by atoms with Crippen molar-refractivity contribution in [1.82, 2.24) is 19.7 Å². The Bertz CT molecular complexity index is 728. The van der Waals surface area contributed by atoms with E-state index in [1.54, 1.807) is 34.2 Å². The summed E-state index contributed by atoms with van der Waals surface area (Å²) in [5.41, 5.74) is 1.91. The van der Waals surface area contributed by atoms with Gasteiger partial charge in [0.05, 0.1) is 12.1 Å². The van der Waals surface area contributed by atoms with Gasteiger partial charge in [-0.2, -0.15) is 5.10 Å². The first-order valence-electron chi connectivity index (χ1n) is 7.94. The number of rotatable bonds is 5. The average Bonchev–Trinajstić information content (AvgIpc) is 3.20. The second-order valence-electron chi connectivity index (χ2n) is 6.17. The van der Waals surface area contributed by atoms with Gasteiger partial charge < -0.3 is 10.0 Å². The molecule has 0 aliphatic carbocycles. The molecule has 0 bridgehead atoms. The van der Waals surface area contributed by atoms with Crippen LogP contribution in [0.1, 0.15) is 23.5 Å². The molecule has 0 unspecified atom stereocenters. The second kappa shape index (κ2) is 6.82. The molecule has 0 aromatic carbocycles. The molecule has 126 valence electrons. The molecule has 2 atom stereocenters. The topological polar surface area (TPSA) is 88.3 Å². The number of hydrogen-bond donors (Lipinski definition) is 1. The van der Waals surface area contributed by atoms with Gasteiger partial charge in [0, 0.05) is 50.6 Å². The van der Waals surface area contributed by atoms with E-state index in [-0.39, 0.29) is 18.4 Å². The van der Waals surface area contributed by atoms with Crippen molar-refractivity contribution in [3.8, 4) is 0 Å². The monoisotopic (exact) mass is 328 g/mol. The van der Waals surface area contributed by atoms with Crippen molar-refractivity contribution in [3.05, 3.63) is 48.0 Å². The highest BCUT2D eigenvalue weighted by molar-refractivity contribution is 5.79. The Kier molecular flexibility index (Phi) is 4.59. The van der Waals surface area contributed by atoms with Gasteiger partial charge in [-0.3, -0.25) is 19.3 Å². The van der Waals surface area contributed by atoms with E-state index in [2.05, 4.69) is 10.1 Å². The summed E-state index contributed by atoms with van der Waals surface area (Å²) in [7, 11) is 0. The zero-order chi connectivity index (χ0) is 17.1. The van der Waals surface area contributed by atoms with Crippen LogP contribution in [0.15, 0.2) is 36.9 Å². The molecule has 1 aliphatic rings. The largest absolute Gasteiger partial charge is 0.481 e. The van der Waals surface area contributed by atoms with E-state index in [1.807, 2.05) is 19.2 Å². The first-order valence-corrected chi connectivity index (χ1v) is 7.94. The van der Waals surface area contributed by atoms with Gasteiger partial charge in [-0.25, -0.2) is 0 Å². The third kappa shape index (κ3) is 3.45. The highest BCUT2D eigenvalue weighted by Gasteiger charge is 2.40. The van der Waals surface area contributed by atoms with Gasteiger partial charge >= 0.3 is 5.97 Å². The minimum atomic E-state index is -0.873. The van der Waals surface area contributed by atoms with Crippen LogP contribution in [0.3, 0.4) is 0 Å². The molecular weight excluding hydrogens is 308 g/mol. The summed E-state index contributed by atoms with van der Waals surface area (Å²) >= 11 is 0. The summed E-state index contributed by atoms with van der Waals surface area (Å²) < 4.78 is 1.73. The molecular formula is C17H20N4O3. The van der Waals surface area contributed by atoms with Crippen LogP contribution in [0.4, 0.5) is 0 Å². The molecule has 1 amide bonds. The van der Waals surface area contributed by atoms with E-state index in [0.717, 1.165) is 11.1 Å². The zero-order valence-corrected chi connectivity index (χ0v) is 13.5. The number of carboxylic acids is 1. The lowest BCUT2D eigenvalue weighted by Gasteiger charge is -2.16. The smallest absolute Gasteiger partial charge is 0.308 e. The molecule has 7 heteroatoms. The van der Waals surface area contributed by atoms with Gasteiger partial charge in [-0.15, -0.1) is 0 Å². The number of aryl methyl sites for hydroxylation is 2. The predicted molar refractivity (Wildman–Crippen MR) is 86.3 cm³/mol. The molecule has 1 fully saturated rings. The summed E-state index contributed by atoms with van der Waals surface area (Å²) in [4.78, 5) is 29.7. The lowest BCUT2D eigenvalue weighted by atomic mass is 9.90. The SMILES string of the molecule is Cc1cnn(CCC(=O)N2C[C@H](C(=O)O)[C@@H](c3cccnc3)C2)c1. The van der Waals surface area contributed by atoms with Gasteiger partial charge in [-0.1, -0.05) is 6.07 Å². The number of carbonyl (C=O) groups excluding carboxylic acids is 1. The predicted octanol–water partition coefficient (Wildman–Crippen LogP) is 1.30. The summed E-state index contributed by atoms with van der Waals surface area (Å²) in [6, 6.07) is 3.66. The first-order chi connectivity index (χ1) is 11.5. The summed E-state index contributed by atoms with van der Waals surface area (Å²) in [6.45, 7) is 3.10. The van der Waals surface area contributed by atoms with Crippen molar-refractivity contribution in [2.45, 2.75) is 25.8 Å². The van der Waals surface area contributed by atoms with Gasteiger partial charge in [0.1, 0.15) is 0 Å². The number of nitrogens with zero attached hydrogens (tertiary/aromatic N) is 4. The molecule has 1 N–H and O–H groups in total. The fraction of sp³-hybridized carbons (Fsp3) is 0.412. The van der Waals surface area contributed by atoms with Gasteiger partial charge in [0.2, 0.25) is 5.91 Å². The quantitative estimate of drug-likeness (QED) is 0.894. The van der Waals surface area contributed by atoms with E-state index >= 15 is 0 Å².